The van der Waals surface area contributed by atoms with E-state index in [1.54, 1.807) is 30.1 Å². The largest absolute Gasteiger partial charge is 0.349 e. The monoisotopic (exact) mass is 385 g/mol. The standard InChI is InChI=1S/C20H23N3O3S/c1-4-17(15-11-9-14(2)10-12-15)21-19(24)13-23(3)20-16-7-5-6-8-18(16)27(25,26)22-20/h5-12,17H,4,13H2,1-3H3,(H,21,24)/t17-/m0/s1. The van der Waals surface area contributed by atoms with Crippen molar-refractivity contribution in [3.8, 4) is 0 Å². The average molecular weight is 385 g/mol. The zero-order valence-electron chi connectivity index (χ0n) is 15.6. The number of carbonyl (C=O) groups is 1. The molecule has 2 aromatic rings. The van der Waals surface area contributed by atoms with E-state index >= 15 is 0 Å². The van der Waals surface area contributed by atoms with E-state index in [1.165, 1.54) is 11.6 Å². The normalized spacial score (nSPS) is 15.6. The molecule has 1 aliphatic heterocycles. The smallest absolute Gasteiger partial charge is 0.285 e. The van der Waals surface area contributed by atoms with E-state index in [4.69, 9.17) is 0 Å². The molecular weight excluding hydrogens is 362 g/mol. The lowest BCUT2D eigenvalue weighted by atomic mass is 10.0. The predicted molar refractivity (Wildman–Crippen MR) is 105 cm³/mol. The maximum absolute atomic E-state index is 12.5. The Bertz CT molecular complexity index is 982. The quantitative estimate of drug-likeness (QED) is 0.858. The number of nitrogens with one attached hydrogen (secondary N) is 1. The van der Waals surface area contributed by atoms with Crippen molar-refractivity contribution in [1.82, 2.24) is 10.2 Å². The molecule has 0 aromatic heterocycles. The third-order valence-corrected chi connectivity index (χ3v) is 5.90. The summed E-state index contributed by atoms with van der Waals surface area (Å²) in [6.07, 6.45) is 0.761. The Labute approximate surface area is 160 Å². The summed E-state index contributed by atoms with van der Waals surface area (Å²) in [4.78, 5) is 14.3. The molecule has 142 valence electrons. The van der Waals surface area contributed by atoms with Gasteiger partial charge >= 0.3 is 0 Å². The van der Waals surface area contributed by atoms with E-state index in [9.17, 15) is 13.2 Å². The second kappa shape index (κ2) is 7.52. The summed E-state index contributed by atoms with van der Waals surface area (Å²) in [5, 5.41) is 3.02. The number of sulfonamides is 1. The van der Waals surface area contributed by atoms with E-state index in [0.29, 0.717) is 11.4 Å². The van der Waals surface area contributed by atoms with E-state index in [-0.39, 0.29) is 23.4 Å². The molecule has 0 unspecified atom stereocenters. The van der Waals surface area contributed by atoms with Crippen LogP contribution in [0.4, 0.5) is 0 Å². The van der Waals surface area contributed by atoms with Crippen molar-refractivity contribution in [3.05, 3.63) is 65.2 Å². The van der Waals surface area contributed by atoms with Crippen LogP contribution in [0.3, 0.4) is 0 Å². The number of amides is 1. The fraction of sp³-hybridized carbons (Fsp3) is 0.300. The molecule has 6 nitrogen and oxygen atoms in total. The molecule has 0 saturated carbocycles. The molecule has 1 amide bonds. The highest BCUT2D eigenvalue weighted by atomic mass is 32.2. The summed E-state index contributed by atoms with van der Waals surface area (Å²) >= 11 is 0. The minimum Gasteiger partial charge on any atom is -0.349 e. The van der Waals surface area contributed by atoms with Crippen molar-refractivity contribution in [1.29, 1.82) is 0 Å². The number of fused-ring (bicyclic) bond motifs is 1. The van der Waals surface area contributed by atoms with Crippen LogP contribution in [0.2, 0.25) is 0 Å². The molecule has 0 fully saturated rings. The van der Waals surface area contributed by atoms with Crippen molar-refractivity contribution in [2.45, 2.75) is 31.2 Å². The van der Waals surface area contributed by atoms with Gasteiger partial charge in [-0.15, -0.1) is 4.40 Å². The third kappa shape index (κ3) is 4.03. The number of aryl methyl sites for hydroxylation is 1. The number of carbonyl (C=O) groups excluding carboxylic acids is 1. The van der Waals surface area contributed by atoms with Gasteiger partial charge in [0.1, 0.15) is 4.90 Å². The number of rotatable bonds is 5. The Morgan fingerprint density at radius 1 is 1.15 bits per heavy atom. The maximum Gasteiger partial charge on any atom is 0.285 e. The summed E-state index contributed by atoms with van der Waals surface area (Å²) in [6, 6.07) is 14.6. The van der Waals surface area contributed by atoms with Crippen LogP contribution in [0.5, 0.6) is 0 Å². The number of likely N-dealkylation sites (N-methyl/N-ethyl adjacent to an activating group) is 1. The molecule has 0 spiro atoms. The van der Waals surface area contributed by atoms with Crippen LogP contribution in [0.1, 0.15) is 36.1 Å². The van der Waals surface area contributed by atoms with Gasteiger partial charge in [0, 0.05) is 12.6 Å². The molecule has 27 heavy (non-hydrogen) atoms. The van der Waals surface area contributed by atoms with Crippen LogP contribution in [0.15, 0.2) is 57.8 Å². The Balaban J connectivity index is 1.72. The van der Waals surface area contributed by atoms with Crippen molar-refractivity contribution in [3.63, 3.8) is 0 Å². The topological polar surface area (TPSA) is 78.8 Å². The summed E-state index contributed by atoms with van der Waals surface area (Å²) in [7, 11) is -2.03. The van der Waals surface area contributed by atoms with Gasteiger partial charge < -0.3 is 10.2 Å². The highest BCUT2D eigenvalue weighted by molar-refractivity contribution is 7.90. The number of hydrogen-bond acceptors (Lipinski definition) is 4. The van der Waals surface area contributed by atoms with Crippen LogP contribution in [-0.2, 0) is 14.8 Å². The van der Waals surface area contributed by atoms with Gasteiger partial charge in [0.05, 0.1) is 12.6 Å². The number of nitrogens with zero attached hydrogens (tertiary/aromatic N) is 2. The highest BCUT2D eigenvalue weighted by Gasteiger charge is 2.31. The number of amidine groups is 1. The summed E-state index contributed by atoms with van der Waals surface area (Å²) in [5.74, 6) is 0.110. The lowest BCUT2D eigenvalue weighted by Crippen LogP contribution is -2.39. The van der Waals surface area contributed by atoms with Gasteiger partial charge in [-0.2, -0.15) is 8.42 Å². The highest BCUT2D eigenvalue weighted by Crippen LogP contribution is 2.27. The zero-order valence-corrected chi connectivity index (χ0v) is 16.5. The first-order valence-electron chi connectivity index (χ1n) is 8.83. The minimum atomic E-state index is -3.70. The molecular formula is C20H23N3O3S. The SMILES string of the molecule is CC[C@H](NC(=O)CN(C)C1=NS(=O)(=O)c2ccccc21)c1ccc(C)cc1. The Hall–Kier alpha value is -2.67. The van der Waals surface area contributed by atoms with E-state index in [2.05, 4.69) is 9.71 Å². The Morgan fingerprint density at radius 2 is 1.81 bits per heavy atom. The van der Waals surface area contributed by atoms with Crippen LogP contribution < -0.4 is 5.32 Å². The van der Waals surface area contributed by atoms with Gasteiger partial charge in [-0.25, -0.2) is 0 Å². The van der Waals surface area contributed by atoms with Gasteiger partial charge in [0.2, 0.25) is 5.91 Å². The molecule has 1 heterocycles. The summed E-state index contributed by atoms with van der Waals surface area (Å²) in [6.45, 7) is 4.05. The number of hydrogen-bond donors (Lipinski definition) is 1. The molecule has 1 N–H and O–H groups in total. The Morgan fingerprint density at radius 3 is 2.48 bits per heavy atom. The van der Waals surface area contributed by atoms with E-state index < -0.39 is 10.0 Å². The van der Waals surface area contributed by atoms with Crippen molar-refractivity contribution in [2.24, 2.45) is 4.40 Å². The second-order valence-electron chi connectivity index (χ2n) is 6.68. The fourth-order valence-electron chi connectivity index (χ4n) is 3.11. The first-order valence-corrected chi connectivity index (χ1v) is 10.3. The average Bonchev–Trinajstić information content (AvgIpc) is 2.92. The zero-order chi connectivity index (χ0) is 19.6. The molecule has 0 radical (unpaired) electrons. The molecule has 7 heteroatoms. The summed E-state index contributed by atoms with van der Waals surface area (Å²) in [5.41, 5.74) is 2.74. The maximum atomic E-state index is 12.5. The third-order valence-electron chi connectivity index (χ3n) is 4.58. The van der Waals surface area contributed by atoms with Gasteiger partial charge in [0.25, 0.3) is 10.0 Å². The van der Waals surface area contributed by atoms with Crippen molar-refractivity contribution >= 4 is 21.8 Å². The van der Waals surface area contributed by atoms with Gasteiger partial charge in [0.15, 0.2) is 5.84 Å². The molecule has 1 aliphatic rings. The molecule has 2 aromatic carbocycles. The number of benzene rings is 2. The molecule has 0 aliphatic carbocycles. The van der Waals surface area contributed by atoms with Crippen LogP contribution >= 0.6 is 0 Å². The van der Waals surface area contributed by atoms with Crippen molar-refractivity contribution < 1.29 is 13.2 Å². The van der Waals surface area contributed by atoms with Crippen LogP contribution in [0.25, 0.3) is 0 Å². The first-order chi connectivity index (χ1) is 12.8. The second-order valence-corrected chi connectivity index (χ2v) is 8.25. The van der Waals surface area contributed by atoms with Gasteiger partial charge in [-0.05, 0) is 31.0 Å². The lowest BCUT2D eigenvalue weighted by molar-refractivity contribution is -0.122. The van der Waals surface area contributed by atoms with E-state index in [1.807, 2.05) is 38.1 Å². The molecule has 1 atom stereocenters. The Kier molecular flexibility index (Phi) is 5.32. The van der Waals surface area contributed by atoms with Crippen LogP contribution in [0, 0.1) is 6.92 Å². The van der Waals surface area contributed by atoms with Crippen molar-refractivity contribution in [2.75, 3.05) is 13.6 Å². The van der Waals surface area contributed by atoms with E-state index in [0.717, 1.165) is 12.0 Å². The van der Waals surface area contributed by atoms with Gasteiger partial charge in [-0.3, -0.25) is 4.79 Å². The molecule has 0 saturated heterocycles. The lowest BCUT2D eigenvalue weighted by Gasteiger charge is -2.22. The fourth-order valence-corrected chi connectivity index (χ4v) is 4.37. The molecule has 3 rings (SSSR count). The minimum absolute atomic E-state index is 0.0189. The summed E-state index contributed by atoms with van der Waals surface area (Å²) < 4.78 is 28.2. The predicted octanol–water partition coefficient (Wildman–Crippen LogP) is 2.64. The molecule has 0 bridgehead atoms. The van der Waals surface area contributed by atoms with Gasteiger partial charge in [-0.1, -0.05) is 48.9 Å². The first kappa shape index (κ1) is 19.1. The van der Waals surface area contributed by atoms with Crippen LogP contribution in [-0.4, -0.2) is 38.7 Å².